The van der Waals surface area contributed by atoms with Crippen LogP contribution in [0.25, 0.3) is 34.5 Å². The molecule has 0 aliphatic carbocycles. The third-order valence-electron chi connectivity index (χ3n) is 7.56. The highest BCUT2D eigenvalue weighted by atomic mass is 16.5. The number of urea groups is 1. The van der Waals surface area contributed by atoms with Crippen molar-refractivity contribution in [2.24, 2.45) is 0 Å². The number of fused-ring (bicyclic) bond motifs is 2. The van der Waals surface area contributed by atoms with Gasteiger partial charge in [0.05, 0.1) is 50.2 Å². The van der Waals surface area contributed by atoms with Crippen LogP contribution in [0.5, 0.6) is 0 Å². The van der Waals surface area contributed by atoms with E-state index in [0.29, 0.717) is 72.2 Å². The highest BCUT2D eigenvalue weighted by Gasteiger charge is 2.34. The first-order chi connectivity index (χ1) is 21.5. The van der Waals surface area contributed by atoms with E-state index in [4.69, 9.17) is 29.8 Å². The summed E-state index contributed by atoms with van der Waals surface area (Å²) in [6, 6.07) is 10.4. The monoisotopic (exact) mass is 598 g/mol. The summed E-state index contributed by atoms with van der Waals surface area (Å²) in [4.78, 5) is 35.3. The molecule has 2 saturated heterocycles. The van der Waals surface area contributed by atoms with Crippen molar-refractivity contribution < 1.29 is 23.1 Å². The Bertz CT molecular complexity index is 1830. The van der Waals surface area contributed by atoms with Crippen LogP contribution in [0.1, 0.15) is 23.6 Å². The lowest BCUT2D eigenvalue weighted by molar-refractivity contribution is -0.0437. The molecule has 0 aromatic carbocycles. The molecule has 0 saturated carbocycles. The summed E-state index contributed by atoms with van der Waals surface area (Å²) in [5.74, 6) is 2.11. The van der Waals surface area contributed by atoms with E-state index < -0.39 is 12.2 Å². The van der Waals surface area contributed by atoms with Crippen LogP contribution in [0, 0.1) is 0 Å². The first-order valence-electron chi connectivity index (χ1n) is 13.9. The minimum Gasteiger partial charge on any atom is -0.461 e. The summed E-state index contributed by atoms with van der Waals surface area (Å²) in [6.45, 7) is 2.09. The molecule has 6 aromatic rings. The molecule has 2 amide bonds. The molecular formula is C27H26N12O5. The van der Waals surface area contributed by atoms with Gasteiger partial charge in [0.25, 0.3) is 0 Å². The SMILES string of the molecule is Nc1nc(C2CN(C(=O)N3CCOC(c4cc5nc(-c6ccco6)nn5c(N)n4)C3)CCO2)cc2nc(-c3ccco3)nn12. The number of nitrogens with two attached hydrogens (primary N) is 2. The van der Waals surface area contributed by atoms with Gasteiger partial charge < -0.3 is 39.6 Å². The maximum Gasteiger partial charge on any atom is 0.320 e. The minimum atomic E-state index is -0.499. The summed E-state index contributed by atoms with van der Waals surface area (Å²) >= 11 is 0. The number of nitrogens with zero attached hydrogens (tertiary/aromatic N) is 10. The maximum atomic E-state index is 13.7. The molecule has 2 fully saturated rings. The van der Waals surface area contributed by atoms with Crippen LogP contribution in [-0.4, -0.2) is 94.4 Å². The van der Waals surface area contributed by atoms with E-state index in [0.717, 1.165) is 0 Å². The second-order valence-corrected chi connectivity index (χ2v) is 10.3. The highest BCUT2D eigenvalue weighted by Crippen LogP contribution is 2.28. The van der Waals surface area contributed by atoms with Crippen LogP contribution < -0.4 is 11.5 Å². The Hall–Kier alpha value is -5.55. The molecule has 0 spiro atoms. The number of carbonyl (C=O) groups excluding carboxylic acids is 1. The number of rotatable bonds is 4. The predicted octanol–water partition coefficient (Wildman–Crippen LogP) is 1.81. The Morgan fingerprint density at radius 3 is 1.64 bits per heavy atom. The zero-order valence-electron chi connectivity index (χ0n) is 23.2. The van der Waals surface area contributed by atoms with E-state index in [1.165, 1.54) is 9.03 Å². The summed E-state index contributed by atoms with van der Waals surface area (Å²) in [6.07, 6.45) is 2.10. The van der Waals surface area contributed by atoms with E-state index in [-0.39, 0.29) is 31.0 Å². The summed E-state index contributed by atoms with van der Waals surface area (Å²) < 4.78 is 25.7. The number of morpholine rings is 2. The summed E-state index contributed by atoms with van der Waals surface area (Å²) in [5.41, 5.74) is 14.5. The Kier molecular flexibility index (Phi) is 6.12. The third-order valence-corrected chi connectivity index (χ3v) is 7.56. The van der Waals surface area contributed by atoms with E-state index in [1.54, 1.807) is 58.7 Å². The number of furan rings is 2. The number of carbonyl (C=O) groups is 1. The minimum absolute atomic E-state index is 0.139. The van der Waals surface area contributed by atoms with Crippen molar-refractivity contribution in [3.05, 3.63) is 60.3 Å². The largest absolute Gasteiger partial charge is 0.461 e. The van der Waals surface area contributed by atoms with E-state index in [9.17, 15) is 4.79 Å². The molecule has 8 rings (SSSR count). The van der Waals surface area contributed by atoms with Gasteiger partial charge in [0.15, 0.2) is 22.8 Å². The van der Waals surface area contributed by atoms with Crippen molar-refractivity contribution in [1.82, 2.24) is 49.0 Å². The van der Waals surface area contributed by atoms with Crippen molar-refractivity contribution in [2.45, 2.75) is 12.2 Å². The first kappa shape index (κ1) is 26.1. The van der Waals surface area contributed by atoms with Crippen molar-refractivity contribution in [3.63, 3.8) is 0 Å². The lowest BCUT2D eigenvalue weighted by atomic mass is 10.2. The molecule has 2 aliphatic rings. The van der Waals surface area contributed by atoms with Gasteiger partial charge in [0.1, 0.15) is 12.2 Å². The van der Waals surface area contributed by atoms with Crippen LogP contribution in [-0.2, 0) is 9.47 Å². The molecule has 44 heavy (non-hydrogen) atoms. The van der Waals surface area contributed by atoms with Gasteiger partial charge in [-0.2, -0.15) is 9.03 Å². The van der Waals surface area contributed by atoms with E-state index in [2.05, 4.69) is 30.1 Å². The third kappa shape index (κ3) is 4.54. The molecule has 17 heteroatoms. The summed E-state index contributed by atoms with van der Waals surface area (Å²) in [7, 11) is 0. The van der Waals surface area contributed by atoms with Gasteiger partial charge >= 0.3 is 6.03 Å². The van der Waals surface area contributed by atoms with Crippen LogP contribution >= 0.6 is 0 Å². The Balaban J connectivity index is 0.990. The fraction of sp³-hybridized carbons (Fsp3) is 0.296. The zero-order chi connectivity index (χ0) is 29.8. The van der Waals surface area contributed by atoms with Gasteiger partial charge in [-0.15, -0.1) is 10.2 Å². The van der Waals surface area contributed by atoms with E-state index >= 15 is 0 Å². The van der Waals surface area contributed by atoms with Crippen molar-refractivity contribution in [2.75, 3.05) is 50.9 Å². The highest BCUT2D eigenvalue weighted by molar-refractivity contribution is 5.75. The number of aromatic nitrogens is 8. The quantitative estimate of drug-likeness (QED) is 0.297. The number of hydrogen-bond donors (Lipinski definition) is 2. The summed E-state index contributed by atoms with van der Waals surface area (Å²) in [5, 5.41) is 8.77. The molecule has 2 aliphatic heterocycles. The second kappa shape index (κ2) is 10.3. The van der Waals surface area contributed by atoms with Crippen molar-refractivity contribution in [3.8, 4) is 23.2 Å². The van der Waals surface area contributed by atoms with Crippen molar-refractivity contribution >= 4 is 29.2 Å². The number of nitrogen functional groups attached to an aromatic ring is 2. The number of ether oxygens (including phenoxy) is 2. The van der Waals surface area contributed by atoms with Crippen LogP contribution in [0.3, 0.4) is 0 Å². The zero-order valence-corrected chi connectivity index (χ0v) is 23.2. The lowest BCUT2D eigenvalue weighted by Crippen LogP contribution is -2.52. The van der Waals surface area contributed by atoms with Crippen molar-refractivity contribution in [1.29, 1.82) is 0 Å². The Morgan fingerprint density at radius 1 is 0.727 bits per heavy atom. The number of hydrogen-bond acceptors (Lipinski definition) is 13. The maximum absolute atomic E-state index is 13.7. The number of anilines is 2. The van der Waals surface area contributed by atoms with Crippen LogP contribution in [0.4, 0.5) is 16.7 Å². The van der Waals surface area contributed by atoms with Crippen LogP contribution in [0.2, 0.25) is 0 Å². The van der Waals surface area contributed by atoms with Gasteiger partial charge in [-0.25, -0.2) is 24.7 Å². The molecule has 0 bridgehead atoms. The number of amides is 2. The Morgan fingerprint density at radius 2 is 1.20 bits per heavy atom. The van der Waals surface area contributed by atoms with Gasteiger partial charge in [0, 0.05) is 25.2 Å². The molecule has 2 atom stereocenters. The molecule has 2 unspecified atom stereocenters. The molecule has 17 nitrogen and oxygen atoms in total. The van der Waals surface area contributed by atoms with Gasteiger partial charge in [-0.05, 0) is 24.3 Å². The predicted molar refractivity (Wildman–Crippen MR) is 152 cm³/mol. The fourth-order valence-corrected chi connectivity index (χ4v) is 5.41. The van der Waals surface area contributed by atoms with Crippen LogP contribution in [0.15, 0.2) is 57.8 Å². The fourth-order valence-electron chi connectivity index (χ4n) is 5.41. The molecule has 224 valence electrons. The molecule has 4 N–H and O–H groups in total. The first-order valence-corrected chi connectivity index (χ1v) is 13.9. The second-order valence-electron chi connectivity index (χ2n) is 10.3. The standard InChI is InChI=1S/C27H26N12O5/c28-25-30-15(11-21-32-23(34-38(21)25)17-3-1-7-41-17)19-13-36(5-9-43-19)27(40)37-6-10-44-20(14-37)16-12-22-33-24(18-4-2-8-42-18)35-39(22)26(29)31-16/h1-4,7-8,11-12,19-20H,5-6,9-10,13-14H2,(H2,28,30)(H2,29,31). The normalized spacial score (nSPS) is 19.3. The molecule has 0 radical (unpaired) electrons. The van der Waals surface area contributed by atoms with Gasteiger partial charge in [-0.3, -0.25) is 0 Å². The molecule has 6 aromatic heterocycles. The van der Waals surface area contributed by atoms with E-state index in [1.807, 2.05) is 0 Å². The average Bonchev–Trinajstić information content (AvgIpc) is 3.87. The average molecular weight is 599 g/mol. The van der Waals surface area contributed by atoms with Gasteiger partial charge in [-0.1, -0.05) is 0 Å². The Labute approximate surface area is 248 Å². The smallest absolute Gasteiger partial charge is 0.320 e. The lowest BCUT2D eigenvalue weighted by Gasteiger charge is -2.39. The van der Waals surface area contributed by atoms with Gasteiger partial charge in [0.2, 0.25) is 23.5 Å². The topological polar surface area (TPSA) is 206 Å². The molecular weight excluding hydrogens is 572 g/mol. The molecule has 8 heterocycles.